The number of thiazole rings is 1. The minimum Gasteiger partial charge on any atom is -0.352 e. The van der Waals surface area contributed by atoms with Crippen molar-refractivity contribution in [3.63, 3.8) is 0 Å². The second kappa shape index (κ2) is 9.26. The molecule has 0 bridgehead atoms. The van der Waals surface area contributed by atoms with Gasteiger partial charge in [0.15, 0.2) is 0 Å². The van der Waals surface area contributed by atoms with Crippen LogP contribution in [0.25, 0.3) is 11.3 Å². The standard InChI is InChI=1S/C21H22ClN3O3S2/c1-14-24-20(13-29-14)16-6-4-15(5-7-16)10-11-23-21(26)18-12-17(8-9-19(18)22)30(27,28)25(2)3/h4-9,12-13H,10-11H2,1-3H3,(H,23,26). The molecule has 1 amide bonds. The normalized spacial score (nSPS) is 11.6. The first-order chi connectivity index (χ1) is 14.2. The first-order valence-corrected chi connectivity index (χ1v) is 11.9. The molecule has 0 saturated heterocycles. The molecule has 0 fully saturated rings. The van der Waals surface area contributed by atoms with E-state index in [1.807, 2.05) is 36.6 Å². The van der Waals surface area contributed by atoms with E-state index in [2.05, 4.69) is 10.3 Å². The topological polar surface area (TPSA) is 79.4 Å². The molecule has 0 spiro atoms. The Morgan fingerprint density at radius 3 is 2.47 bits per heavy atom. The lowest BCUT2D eigenvalue weighted by atomic mass is 10.1. The Kier molecular flexibility index (Phi) is 6.92. The molecule has 0 unspecified atom stereocenters. The van der Waals surface area contributed by atoms with Crippen molar-refractivity contribution in [2.75, 3.05) is 20.6 Å². The molecule has 6 nitrogen and oxygen atoms in total. The summed E-state index contributed by atoms with van der Waals surface area (Å²) >= 11 is 7.73. The molecule has 1 heterocycles. The fraction of sp³-hybridized carbons (Fsp3) is 0.238. The summed E-state index contributed by atoms with van der Waals surface area (Å²) in [6.07, 6.45) is 0.634. The van der Waals surface area contributed by atoms with Gasteiger partial charge in [0.1, 0.15) is 0 Å². The Morgan fingerprint density at radius 1 is 1.17 bits per heavy atom. The monoisotopic (exact) mass is 463 g/mol. The Balaban J connectivity index is 1.63. The number of carbonyl (C=O) groups excluding carboxylic acids is 1. The fourth-order valence-corrected chi connectivity index (χ4v) is 4.56. The van der Waals surface area contributed by atoms with E-state index in [9.17, 15) is 13.2 Å². The second-order valence-electron chi connectivity index (χ2n) is 6.88. The highest BCUT2D eigenvalue weighted by atomic mass is 35.5. The van der Waals surface area contributed by atoms with Gasteiger partial charge < -0.3 is 5.32 Å². The number of amides is 1. The number of nitrogens with zero attached hydrogens (tertiary/aromatic N) is 2. The summed E-state index contributed by atoms with van der Waals surface area (Å²) in [6, 6.07) is 12.2. The van der Waals surface area contributed by atoms with Crippen LogP contribution in [0.3, 0.4) is 0 Å². The molecule has 30 heavy (non-hydrogen) atoms. The molecule has 9 heteroatoms. The SMILES string of the molecule is Cc1nc(-c2ccc(CCNC(=O)c3cc(S(=O)(=O)N(C)C)ccc3Cl)cc2)cs1. The summed E-state index contributed by atoms with van der Waals surface area (Å²) in [5.41, 5.74) is 3.22. The summed E-state index contributed by atoms with van der Waals surface area (Å²) in [5, 5.41) is 6.06. The van der Waals surface area contributed by atoms with Crippen LogP contribution < -0.4 is 5.32 Å². The molecule has 0 aliphatic heterocycles. The lowest BCUT2D eigenvalue weighted by molar-refractivity contribution is 0.0954. The highest BCUT2D eigenvalue weighted by Crippen LogP contribution is 2.23. The van der Waals surface area contributed by atoms with Crippen molar-refractivity contribution in [3.8, 4) is 11.3 Å². The van der Waals surface area contributed by atoms with Gasteiger partial charge in [-0.15, -0.1) is 11.3 Å². The van der Waals surface area contributed by atoms with Crippen LogP contribution in [0.1, 0.15) is 20.9 Å². The van der Waals surface area contributed by atoms with Crippen LogP contribution in [-0.4, -0.2) is 44.3 Å². The van der Waals surface area contributed by atoms with Crippen molar-refractivity contribution in [2.45, 2.75) is 18.2 Å². The Labute approximate surface area is 185 Å². The first kappa shape index (κ1) is 22.4. The lowest BCUT2D eigenvalue weighted by Gasteiger charge is -2.13. The number of nitrogens with one attached hydrogen (secondary N) is 1. The Hall–Kier alpha value is -2.26. The van der Waals surface area contributed by atoms with E-state index in [-0.39, 0.29) is 15.5 Å². The van der Waals surface area contributed by atoms with Crippen LogP contribution in [0.5, 0.6) is 0 Å². The molecule has 1 aromatic heterocycles. The third-order valence-corrected chi connectivity index (χ3v) is 7.44. The van der Waals surface area contributed by atoms with Crippen LogP contribution in [-0.2, 0) is 16.4 Å². The average molecular weight is 464 g/mol. The van der Waals surface area contributed by atoms with E-state index in [0.717, 1.165) is 26.1 Å². The van der Waals surface area contributed by atoms with Gasteiger partial charge in [-0.25, -0.2) is 17.7 Å². The zero-order valence-corrected chi connectivity index (χ0v) is 19.2. The minimum atomic E-state index is -3.65. The molecule has 2 aromatic carbocycles. The van der Waals surface area contributed by atoms with Gasteiger partial charge in [0.25, 0.3) is 5.91 Å². The molecule has 0 radical (unpaired) electrons. The van der Waals surface area contributed by atoms with E-state index in [4.69, 9.17) is 11.6 Å². The molecule has 1 N–H and O–H groups in total. The summed E-state index contributed by atoms with van der Waals surface area (Å²) in [4.78, 5) is 17.0. The number of hydrogen-bond acceptors (Lipinski definition) is 5. The maximum Gasteiger partial charge on any atom is 0.252 e. The van der Waals surface area contributed by atoms with Crippen LogP contribution in [0.4, 0.5) is 0 Å². The third kappa shape index (κ3) is 5.07. The molecular formula is C21H22ClN3O3S2. The molecule has 0 saturated carbocycles. The number of halogens is 1. The zero-order chi connectivity index (χ0) is 21.9. The van der Waals surface area contributed by atoms with E-state index in [0.29, 0.717) is 13.0 Å². The van der Waals surface area contributed by atoms with Crippen LogP contribution in [0.2, 0.25) is 5.02 Å². The number of rotatable bonds is 7. The van der Waals surface area contributed by atoms with Crippen LogP contribution >= 0.6 is 22.9 Å². The van der Waals surface area contributed by atoms with Crippen LogP contribution in [0.15, 0.2) is 52.7 Å². The van der Waals surface area contributed by atoms with Gasteiger partial charge in [0.2, 0.25) is 10.0 Å². The summed E-state index contributed by atoms with van der Waals surface area (Å²) < 4.78 is 25.7. The molecule has 0 aliphatic rings. The van der Waals surface area contributed by atoms with Crippen molar-refractivity contribution in [1.82, 2.24) is 14.6 Å². The van der Waals surface area contributed by atoms with Crippen molar-refractivity contribution in [2.24, 2.45) is 0 Å². The van der Waals surface area contributed by atoms with E-state index in [1.54, 1.807) is 11.3 Å². The van der Waals surface area contributed by atoms with Gasteiger partial charge in [-0.3, -0.25) is 4.79 Å². The quantitative estimate of drug-likeness (QED) is 0.574. The molecule has 158 valence electrons. The van der Waals surface area contributed by atoms with E-state index in [1.165, 1.54) is 32.3 Å². The largest absolute Gasteiger partial charge is 0.352 e. The molecule has 0 aliphatic carbocycles. The predicted octanol–water partition coefficient (Wildman–Crippen LogP) is 3.99. The highest BCUT2D eigenvalue weighted by molar-refractivity contribution is 7.89. The van der Waals surface area contributed by atoms with Gasteiger partial charge >= 0.3 is 0 Å². The average Bonchev–Trinajstić information content (AvgIpc) is 3.14. The maximum absolute atomic E-state index is 12.5. The first-order valence-electron chi connectivity index (χ1n) is 9.20. The third-order valence-electron chi connectivity index (χ3n) is 4.53. The van der Waals surface area contributed by atoms with Gasteiger partial charge in [0, 0.05) is 31.6 Å². The molecule has 3 rings (SSSR count). The van der Waals surface area contributed by atoms with Crippen molar-refractivity contribution >= 4 is 38.9 Å². The smallest absolute Gasteiger partial charge is 0.252 e. The Morgan fingerprint density at radius 2 is 1.87 bits per heavy atom. The number of aryl methyl sites for hydroxylation is 1. The maximum atomic E-state index is 12.5. The van der Waals surface area contributed by atoms with Gasteiger partial charge in [-0.1, -0.05) is 35.9 Å². The van der Waals surface area contributed by atoms with E-state index < -0.39 is 15.9 Å². The Bertz CT molecular complexity index is 1160. The van der Waals surface area contributed by atoms with Gasteiger partial charge in [-0.2, -0.15) is 0 Å². The van der Waals surface area contributed by atoms with Crippen molar-refractivity contribution in [3.05, 3.63) is 69.0 Å². The number of benzene rings is 2. The van der Waals surface area contributed by atoms with Gasteiger partial charge in [0.05, 0.1) is 26.2 Å². The fourth-order valence-electron chi connectivity index (χ4n) is 2.80. The molecule has 0 atom stereocenters. The van der Waals surface area contributed by atoms with Crippen LogP contribution in [0, 0.1) is 6.92 Å². The summed E-state index contributed by atoms with van der Waals surface area (Å²) in [7, 11) is -0.778. The minimum absolute atomic E-state index is 0.0231. The lowest BCUT2D eigenvalue weighted by Crippen LogP contribution is -2.27. The van der Waals surface area contributed by atoms with Crippen molar-refractivity contribution < 1.29 is 13.2 Å². The number of aromatic nitrogens is 1. The zero-order valence-electron chi connectivity index (χ0n) is 16.8. The predicted molar refractivity (Wildman–Crippen MR) is 121 cm³/mol. The summed E-state index contributed by atoms with van der Waals surface area (Å²) in [6.45, 7) is 2.37. The molecular weight excluding hydrogens is 442 g/mol. The van der Waals surface area contributed by atoms with E-state index >= 15 is 0 Å². The second-order valence-corrected chi connectivity index (χ2v) is 10.5. The molecule has 3 aromatic rings. The number of sulfonamides is 1. The number of carbonyl (C=O) groups is 1. The highest BCUT2D eigenvalue weighted by Gasteiger charge is 2.20. The summed E-state index contributed by atoms with van der Waals surface area (Å²) in [5.74, 6) is -0.412. The van der Waals surface area contributed by atoms with Gasteiger partial charge in [-0.05, 0) is 37.1 Å². The number of hydrogen-bond donors (Lipinski definition) is 1. The van der Waals surface area contributed by atoms with Crippen molar-refractivity contribution in [1.29, 1.82) is 0 Å².